The summed E-state index contributed by atoms with van der Waals surface area (Å²) >= 11 is 1.71. The van der Waals surface area contributed by atoms with Crippen LogP contribution in [0, 0.1) is 0 Å². The summed E-state index contributed by atoms with van der Waals surface area (Å²) in [6.45, 7) is 5.21. The Morgan fingerprint density at radius 2 is 2.28 bits per heavy atom. The lowest BCUT2D eigenvalue weighted by Crippen LogP contribution is -2.25. The summed E-state index contributed by atoms with van der Waals surface area (Å²) in [7, 11) is 2.01. The van der Waals surface area contributed by atoms with Crippen LogP contribution in [0.15, 0.2) is 17.6 Å². The lowest BCUT2D eigenvalue weighted by atomic mass is 10.1. The summed E-state index contributed by atoms with van der Waals surface area (Å²) in [5.74, 6) is 0. The van der Waals surface area contributed by atoms with Crippen molar-refractivity contribution in [3.05, 3.63) is 34.0 Å². The molecule has 98 valence electrons. The maximum absolute atomic E-state index is 4.52. The highest BCUT2D eigenvalue weighted by Gasteiger charge is 2.17. The van der Waals surface area contributed by atoms with Gasteiger partial charge in [0.1, 0.15) is 0 Å². The van der Waals surface area contributed by atoms with E-state index in [1.165, 1.54) is 10.7 Å². The van der Waals surface area contributed by atoms with E-state index in [9.17, 15) is 0 Å². The Hall–Kier alpha value is -1.20. The predicted octanol–water partition coefficient (Wildman–Crippen LogP) is 2.33. The molecule has 0 aliphatic heterocycles. The van der Waals surface area contributed by atoms with E-state index < -0.39 is 0 Å². The van der Waals surface area contributed by atoms with Gasteiger partial charge in [0, 0.05) is 25.0 Å². The number of hydrogen-bond donors (Lipinski definition) is 1. The van der Waals surface area contributed by atoms with Gasteiger partial charge in [-0.3, -0.25) is 4.68 Å². The van der Waals surface area contributed by atoms with E-state index in [2.05, 4.69) is 35.3 Å². The van der Waals surface area contributed by atoms with Crippen LogP contribution in [0.3, 0.4) is 0 Å². The van der Waals surface area contributed by atoms with Crippen molar-refractivity contribution in [2.24, 2.45) is 7.05 Å². The Morgan fingerprint density at radius 1 is 1.44 bits per heavy atom. The second kappa shape index (κ2) is 6.11. The molecule has 2 aromatic rings. The Balaban J connectivity index is 2.20. The zero-order valence-electron chi connectivity index (χ0n) is 11.2. The highest BCUT2D eigenvalue weighted by molar-refractivity contribution is 7.09. The van der Waals surface area contributed by atoms with Gasteiger partial charge < -0.3 is 5.32 Å². The predicted molar refractivity (Wildman–Crippen MR) is 74.8 cm³/mol. The van der Waals surface area contributed by atoms with Crippen molar-refractivity contribution < 1.29 is 0 Å². The summed E-state index contributed by atoms with van der Waals surface area (Å²) in [4.78, 5) is 4.37. The number of aryl methyl sites for hydroxylation is 2. The van der Waals surface area contributed by atoms with Crippen LogP contribution in [0.1, 0.15) is 36.3 Å². The largest absolute Gasteiger partial charge is 0.309 e. The van der Waals surface area contributed by atoms with E-state index in [4.69, 9.17) is 0 Å². The Bertz CT molecular complexity index is 475. The van der Waals surface area contributed by atoms with Crippen LogP contribution in [0.4, 0.5) is 0 Å². The van der Waals surface area contributed by atoms with Crippen LogP contribution in [-0.2, 0) is 19.9 Å². The number of aromatic nitrogens is 3. The number of nitrogens with one attached hydrogen (secondary N) is 1. The van der Waals surface area contributed by atoms with Crippen LogP contribution in [-0.4, -0.2) is 21.3 Å². The molecule has 2 aromatic heterocycles. The minimum atomic E-state index is 0.291. The molecule has 0 saturated heterocycles. The van der Waals surface area contributed by atoms with Gasteiger partial charge in [-0.2, -0.15) is 5.10 Å². The smallest absolute Gasteiger partial charge is 0.0944 e. The summed E-state index contributed by atoms with van der Waals surface area (Å²) in [6, 6.07) is 2.49. The third-order valence-electron chi connectivity index (χ3n) is 3.00. The third-order valence-corrected chi connectivity index (χ3v) is 3.80. The maximum atomic E-state index is 4.52. The van der Waals surface area contributed by atoms with Gasteiger partial charge in [-0.25, -0.2) is 4.98 Å². The monoisotopic (exact) mass is 264 g/mol. The van der Waals surface area contributed by atoms with E-state index >= 15 is 0 Å². The maximum Gasteiger partial charge on any atom is 0.0944 e. The summed E-state index contributed by atoms with van der Waals surface area (Å²) in [6.07, 6.45) is 3.77. The van der Waals surface area contributed by atoms with Crippen molar-refractivity contribution >= 4 is 11.3 Å². The first-order chi connectivity index (χ1) is 8.74. The molecule has 0 spiro atoms. The van der Waals surface area contributed by atoms with E-state index in [0.717, 1.165) is 25.1 Å². The SMILES string of the molecule is CCNC(Cc1nccs1)c1cc(CC)nn1C. The molecule has 2 heterocycles. The fraction of sp³-hybridized carbons (Fsp3) is 0.538. The molecular formula is C13H20N4S. The normalized spacial score (nSPS) is 12.8. The van der Waals surface area contributed by atoms with Crippen LogP contribution in [0.25, 0.3) is 0 Å². The molecule has 4 nitrogen and oxygen atoms in total. The summed E-state index contributed by atoms with van der Waals surface area (Å²) in [5, 5.41) is 11.2. The molecule has 0 radical (unpaired) electrons. The first kappa shape index (κ1) is 13.2. The summed E-state index contributed by atoms with van der Waals surface area (Å²) < 4.78 is 1.99. The zero-order chi connectivity index (χ0) is 13.0. The minimum absolute atomic E-state index is 0.291. The van der Waals surface area contributed by atoms with E-state index in [1.807, 2.05) is 23.3 Å². The number of likely N-dealkylation sites (N-methyl/N-ethyl adjacent to an activating group) is 1. The molecule has 0 amide bonds. The third kappa shape index (κ3) is 2.97. The second-order valence-electron chi connectivity index (χ2n) is 4.28. The molecule has 0 aliphatic rings. The molecule has 1 N–H and O–H groups in total. The average molecular weight is 264 g/mol. The highest BCUT2D eigenvalue weighted by Crippen LogP contribution is 2.20. The Morgan fingerprint density at radius 3 is 2.83 bits per heavy atom. The molecule has 2 rings (SSSR count). The Labute approximate surface area is 112 Å². The molecule has 0 bridgehead atoms. The lowest BCUT2D eigenvalue weighted by Gasteiger charge is -2.16. The van der Waals surface area contributed by atoms with Gasteiger partial charge in [0.15, 0.2) is 0 Å². The molecule has 0 aromatic carbocycles. The zero-order valence-corrected chi connectivity index (χ0v) is 12.0. The average Bonchev–Trinajstić information content (AvgIpc) is 2.98. The molecular weight excluding hydrogens is 244 g/mol. The summed E-state index contributed by atoms with van der Waals surface area (Å²) in [5.41, 5.74) is 2.39. The molecule has 0 saturated carbocycles. The number of rotatable bonds is 6. The molecule has 1 atom stereocenters. The fourth-order valence-corrected chi connectivity index (χ4v) is 2.76. The van der Waals surface area contributed by atoms with E-state index in [1.54, 1.807) is 11.3 Å². The van der Waals surface area contributed by atoms with Crippen molar-refractivity contribution in [2.45, 2.75) is 32.7 Å². The van der Waals surface area contributed by atoms with E-state index in [-0.39, 0.29) is 0 Å². The van der Waals surface area contributed by atoms with Crippen molar-refractivity contribution in [1.82, 2.24) is 20.1 Å². The van der Waals surface area contributed by atoms with Gasteiger partial charge in [-0.1, -0.05) is 13.8 Å². The van der Waals surface area contributed by atoms with Crippen LogP contribution in [0.2, 0.25) is 0 Å². The Kier molecular flexibility index (Phi) is 4.49. The van der Waals surface area contributed by atoms with Gasteiger partial charge in [0.25, 0.3) is 0 Å². The lowest BCUT2D eigenvalue weighted by molar-refractivity contribution is 0.506. The van der Waals surface area contributed by atoms with Crippen LogP contribution >= 0.6 is 11.3 Å². The van der Waals surface area contributed by atoms with Crippen LogP contribution < -0.4 is 5.32 Å². The minimum Gasteiger partial charge on any atom is -0.309 e. The standard InChI is InChI=1S/C13H20N4S/c1-4-10-8-12(17(3)16-10)11(14-5-2)9-13-15-6-7-18-13/h6-8,11,14H,4-5,9H2,1-3H3. The number of hydrogen-bond acceptors (Lipinski definition) is 4. The number of nitrogens with zero attached hydrogens (tertiary/aromatic N) is 3. The molecule has 0 fully saturated rings. The topological polar surface area (TPSA) is 42.7 Å². The first-order valence-electron chi connectivity index (χ1n) is 6.39. The van der Waals surface area contributed by atoms with Gasteiger partial charge >= 0.3 is 0 Å². The quantitative estimate of drug-likeness (QED) is 0.871. The molecule has 18 heavy (non-hydrogen) atoms. The fourth-order valence-electron chi connectivity index (χ4n) is 2.10. The van der Waals surface area contributed by atoms with E-state index in [0.29, 0.717) is 6.04 Å². The highest BCUT2D eigenvalue weighted by atomic mass is 32.1. The van der Waals surface area contributed by atoms with Gasteiger partial charge in [-0.15, -0.1) is 11.3 Å². The second-order valence-corrected chi connectivity index (χ2v) is 5.26. The van der Waals surface area contributed by atoms with Gasteiger partial charge in [0.05, 0.1) is 22.4 Å². The van der Waals surface area contributed by atoms with Gasteiger partial charge in [0.2, 0.25) is 0 Å². The van der Waals surface area contributed by atoms with Gasteiger partial charge in [-0.05, 0) is 19.0 Å². The first-order valence-corrected chi connectivity index (χ1v) is 7.27. The van der Waals surface area contributed by atoms with Crippen molar-refractivity contribution in [1.29, 1.82) is 0 Å². The number of thiazole rings is 1. The molecule has 5 heteroatoms. The van der Waals surface area contributed by atoms with Crippen molar-refractivity contribution in [3.63, 3.8) is 0 Å². The molecule has 1 unspecified atom stereocenters. The van der Waals surface area contributed by atoms with Crippen LogP contribution in [0.5, 0.6) is 0 Å². The molecule has 0 aliphatic carbocycles. The van der Waals surface area contributed by atoms with Crippen molar-refractivity contribution in [3.8, 4) is 0 Å². The van der Waals surface area contributed by atoms with Crippen molar-refractivity contribution in [2.75, 3.05) is 6.54 Å².